The van der Waals surface area contributed by atoms with Crippen LogP contribution in [0.2, 0.25) is 0 Å². The summed E-state index contributed by atoms with van der Waals surface area (Å²) in [5, 5.41) is 3.68. The lowest BCUT2D eigenvalue weighted by Crippen LogP contribution is -2.42. The highest BCUT2D eigenvalue weighted by Gasteiger charge is 2.49. The molecule has 1 N–H and O–H groups in total. The molecule has 0 aromatic rings. The van der Waals surface area contributed by atoms with Crippen molar-refractivity contribution in [2.45, 2.75) is 71.3 Å². The minimum atomic E-state index is 0.464. The predicted molar refractivity (Wildman–Crippen MR) is 76.8 cm³/mol. The van der Waals surface area contributed by atoms with Crippen LogP contribution in [0.5, 0.6) is 0 Å². The summed E-state index contributed by atoms with van der Waals surface area (Å²) >= 11 is 0. The summed E-state index contributed by atoms with van der Waals surface area (Å²) < 4.78 is 6.11. The Labute approximate surface area is 113 Å². The second-order valence-electron chi connectivity index (χ2n) is 6.38. The fourth-order valence-electron chi connectivity index (χ4n) is 3.53. The van der Waals surface area contributed by atoms with E-state index in [0.29, 0.717) is 11.5 Å². The zero-order valence-electron chi connectivity index (χ0n) is 12.3. The quantitative estimate of drug-likeness (QED) is 0.632. The zero-order chi connectivity index (χ0) is 12.8. The lowest BCUT2D eigenvalue weighted by molar-refractivity contribution is 0.0254. The Morgan fingerprint density at radius 1 is 1.17 bits per heavy atom. The Morgan fingerprint density at radius 2 is 2.00 bits per heavy atom. The standard InChI is InChI=1S/C16H31NO/c1-3-5-6-9-16(13-17-11-4-2)10-12-18-15(16)14-7-8-14/h14-15,17H,3-13H2,1-2H3. The Hall–Kier alpha value is -0.0800. The highest BCUT2D eigenvalue weighted by molar-refractivity contribution is 5.00. The predicted octanol–water partition coefficient (Wildman–Crippen LogP) is 3.75. The van der Waals surface area contributed by atoms with E-state index < -0.39 is 0 Å². The van der Waals surface area contributed by atoms with E-state index in [1.54, 1.807) is 0 Å². The summed E-state index contributed by atoms with van der Waals surface area (Å²) in [6, 6.07) is 0. The first-order chi connectivity index (χ1) is 8.82. The molecule has 2 rings (SSSR count). The summed E-state index contributed by atoms with van der Waals surface area (Å²) in [7, 11) is 0. The van der Waals surface area contributed by atoms with Crippen LogP contribution in [0.4, 0.5) is 0 Å². The topological polar surface area (TPSA) is 21.3 Å². The maximum Gasteiger partial charge on any atom is 0.0672 e. The van der Waals surface area contributed by atoms with Crippen LogP contribution in [0.15, 0.2) is 0 Å². The van der Waals surface area contributed by atoms with Gasteiger partial charge in [-0.05, 0) is 44.6 Å². The van der Waals surface area contributed by atoms with E-state index in [1.165, 1.54) is 57.9 Å². The molecule has 2 fully saturated rings. The van der Waals surface area contributed by atoms with E-state index in [2.05, 4.69) is 19.2 Å². The molecule has 2 atom stereocenters. The van der Waals surface area contributed by atoms with Crippen molar-refractivity contribution in [2.75, 3.05) is 19.7 Å². The molecular weight excluding hydrogens is 222 g/mol. The molecule has 106 valence electrons. The fraction of sp³-hybridized carbons (Fsp3) is 1.00. The SMILES string of the molecule is CCCCCC1(CNCCC)CCOC1C1CC1. The van der Waals surface area contributed by atoms with Gasteiger partial charge in [-0.2, -0.15) is 0 Å². The molecule has 1 aliphatic carbocycles. The van der Waals surface area contributed by atoms with E-state index in [1.807, 2.05) is 0 Å². The molecule has 2 unspecified atom stereocenters. The molecule has 2 aliphatic rings. The van der Waals surface area contributed by atoms with Gasteiger partial charge in [-0.3, -0.25) is 0 Å². The van der Waals surface area contributed by atoms with Gasteiger partial charge in [0.2, 0.25) is 0 Å². The molecule has 1 aliphatic heterocycles. The Kier molecular flexibility index (Phi) is 5.50. The minimum Gasteiger partial charge on any atom is -0.377 e. The second-order valence-corrected chi connectivity index (χ2v) is 6.38. The first-order valence-electron chi connectivity index (χ1n) is 8.14. The molecule has 18 heavy (non-hydrogen) atoms. The summed E-state index contributed by atoms with van der Waals surface area (Å²) in [6.45, 7) is 7.89. The van der Waals surface area contributed by atoms with Crippen molar-refractivity contribution >= 4 is 0 Å². The molecule has 0 aromatic carbocycles. The molecule has 1 saturated carbocycles. The number of hydrogen-bond donors (Lipinski definition) is 1. The van der Waals surface area contributed by atoms with Crippen molar-refractivity contribution in [3.8, 4) is 0 Å². The maximum absolute atomic E-state index is 6.11. The van der Waals surface area contributed by atoms with Crippen LogP contribution in [-0.2, 0) is 4.74 Å². The van der Waals surface area contributed by atoms with E-state index in [-0.39, 0.29) is 0 Å². The minimum absolute atomic E-state index is 0.464. The van der Waals surface area contributed by atoms with Crippen molar-refractivity contribution in [3.05, 3.63) is 0 Å². The molecule has 0 amide bonds. The number of ether oxygens (including phenoxy) is 1. The van der Waals surface area contributed by atoms with Crippen LogP contribution in [0.25, 0.3) is 0 Å². The molecular formula is C16H31NO. The van der Waals surface area contributed by atoms with Crippen molar-refractivity contribution in [2.24, 2.45) is 11.3 Å². The summed E-state index contributed by atoms with van der Waals surface area (Å²) in [4.78, 5) is 0. The molecule has 0 spiro atoms. The van der Waals surface area contributed by atoms with Crippen LogP contribution in [0.3, 0.4) is 0 Å². The van der Waals surface area contributed by atoms with Crippen LogP contribution < -0.4 is 5.32 Å². The van der Waals surface area contributed by atoms with Gasteiger partial charge in [-0.25, -0.2) is 0 Å². The zero-order valence-corrected chi connectivity index (χ0v) is 12.3. The lowest BCUT2D eigenvalue weighted by atomic mass is 9.74. The summed E-state index contributed by atoms with van der Waals surface area (Å²) in [6.07, 6.45) is 11.4. The van der Waals surface area contributed by atoms with Crippen molar-refractivity contribution in [1.82, 2.24) is 5.32 Å². The molecule has 0 radical (unpaired) electrons. The maximum atomic E-state index is 6.11. The third kappa shape index (κ3) is 3.48. The first-order valence-corrected chi connectivity index (χ1v) is 8.14. The molecule has 0 aromatic heterocycles. The van der Waals surface area contributed by atoms with E-state index in [4.69, 9.17) is 4.74 Å². The van der Waals surface area contributed by atoms with Crippen LogP contribution in [0, 0.1) is 11.3 Å². The lowest BCUT2D eigenvalue weighted by Gasteiger charge is -2.35. The average molecular weight is 253 g/mol. The molecule has 2 nitrogen and oxygen atoms in total. The Balaban J connectivity index is 1.91. The van der Waals surface area contributed by atoms with Gasteiger partial charge in [0.15, 0.2) is 0 Å². The van der Waals surface area contributed by atoms with Gasteiger partial charge in [0.1, 0.15) is 0 Å². The van der Waals surface area contributed by atoms with Gasteiger partial charge < -0.3 is 10.1 Å². The van der Waals surface area contributed by atoms with Crippen molar-refractivity contribution in [3.63, 3.8) is 0 Å². The number of nitrogens with one attached hydrogen (secondary N) is 1. The van der Waals surface area contributed by atoms with E-state index in [9.17, 15) is 0 Å². The number of rotatable bonds is 9. The highest BCUT2D eigenvalue weighted by Crippen LogP contribution is 2.50. The summed E-state index contributed by atoms with van der Waals surface area (Å²) in [5.74, 6) is 0.887. The van der Waals surface area contributed by atoms with Crippen LogP contribution in [0.1, 0.15) is 65.2 Å². The van der Waals surface area contributed by atoms with Gasteiger partial charge in [-0.1, -0.05) is 33.1 Å². The smallest absolute Gasteiger partial charge is 0.0672 e. The third-order valence-corrected chi connectivity index (χ3v) is 4.73. The Bertz CT molecular complexity index is 227. The van der Waals surface area contributed by atoms with Crippen molar-refractivity contribution < 1.29 is 4.74 Å². The fourth-order valence-corrected chi connectivity index (χ4v) is 3.53. The molecule has 0 bridgehead atoms. The number of hydrogen-bond acceptors (Lipinski definition) is 2. The van der Waals surface area contributed by atoms with Gasteiger partial charge in [0, 0.05) is 18.6 Å². The second kappa shape index (κ2) is 6.91. The van der Waals surface area contributed by atoms with Gasteiger partial charge in [0.25, 0.3) is 0 Å². The van der Waals surface area contributed by atoms with E-state index >= 15 is 0 Å². The molecule has 1 heterocycles. The van der Waals surface area contributed by atoms with Crippen molar-refractivity contribution in [1.29, 1.82) is 0 Å². The van der Waals surface area contributed by atoms with Gasteiger partial charge >= 0.3 is 0 Å². The van der Waals surface area contributed by atoms with Gasteiger partial charge in [0.05, 0.1) is 6.10 Å². The third-order valence-electron chi connectivity index (χ3n) is 4.73. The number of unbranched alkanes of at least 4 members (excludes halogenated alkanes) is 2. The normalized spacial score (nSPS) is 32.0. The van der Waals surface area contributed by atoms with Gasteiger partial charge in [-0.15, -0.1) is 0 Å². The highest BCUT2D eigenvalue weighted by atomic mass is 16.5. The van der Waals surface area contributed by atoms with Crippen LogP contribution >= 0.6 is 0 Å². The first kappa shape index (κ1) is 14.3. The van der Waals surface area contributed by atoms with Crippen LogP contribution in [-0.4, -0.2) is 25.8 Å². The summed E-state index contributed by atoms with van der Waals surface area (Å²) in [5.41, 5.74) is 0.464. The average Bonchev–Trinajstić information content (AvgIpc) is 3.13. The Morgan fingerprint density at radius 3 is 2.67 bits per heavy atom. The van der Waals surface area contributed by atoms with E-state index in [0.717, 1.165) is 19.1 Å². The monoisotopic (exact) mass is 253 g/mol. The molecule has 2 heteroatoms. The molecule has 1 saturated heterocycles. The largest absolute Gasteiger partial charge is 0.377 e.